The van der Waals surface area contributed by atoms with E-state index in [1.165, 1.54) is 5.56 Å². The predicted octanol–water partition coefficient (Wildman–Crippen LogP) is 3.17. The zero-order valence-electron chi connectivity index (χ0n) is 19.2. The summed E-state index contributed by atoms with van der Waals surface area (Å²) in [5, 5.41) is 16.0. The highest BCUT2D eigenvalue weighted by Crippen LogP contribution is 2.47. The summed E-state index contributed by atoms with van der Waals surface area (Å²) in [7, 11) is 0. The van der Waals surface area contributed by atoms with Crippen molar-refractivity contribution in [2.45, 2.75) is 62.8 Å². The normalized spacial score (nSPS) is 25.4. The molecule has 0 bridgehead atoms. The summed E-state index contributed by atoms with van der Waals surface area (Å²) in [6, 6.07) is 15.8. The van der Waals surface area contributed by atoms with Crippen LogP contribution in [0.25, 0.3) is 0 Å². The van der Waals surface area contributed by atoms with Crippen LogP contribution in [-0.2, 0) is 20.7 Å². The second kappa shape index (κ2) is 10.2. The minimum Gasteiger partial charge on any atom is -0.487 e. The Morgan fingerprint density at radius 1 is 1.09 bits per heavy atom. The van der Waals surface area contributed by atoms with Gasteiger partial charge in [0.15, 0.2) is 0 Å². The highest BCUT2D eigenvalue weighted by Gasteiger charge is 2.46. The van der Waals surface area contributed by atoms with Gasteiger partial charge in [0.1, 0.15) is 18.0 Å². The second-order valence-electron chi connectivity index (χ2n) is 9.56. The predicted molar refractivity (Wildman–Crippen MR) is 128 cm³/mol. The first-order valence-electron chi connectivity index (χ1n) is 12.3. The summed E-state index contributed by atoms with van der Waals surface area (Å²) in [4.78, 5) is 25.0. The van der Waals surface area contributed by atoms with Crippen LogP contribution < -0.4 is 15.4 Å². The Kier molecular flexibility index (Phi) is 6.83. The van der Waals surface area contributed by atoms with Gasteiger partial charge in [0.05, 0.1) is 19.1 Å². The van der Waals surface area contributed by atoms with Crippen LogP contribution in [0.5, 0.6) is 5.75 Å². The monoisotopic (exact) mass is 464 g/mol. The number of carbonyl (C=O) groups is 2. The minimum absolute atomic E-state index is 0.00331. The highest BCUT2D eigenvalue weighted by molar-refractivity contribution is 5.93. The number of aliphatic hydroxyl groups excluding tert-OH is 1. The Morgan fingerprint density at radius 2 is 1.91 bits per heavy atom. The van der Waals surface area contributed by atoms with E-state index in [1.807, 2.05) is 48.5 Å². The zero-order valence-corrected chi connectivity index (χ0v) is 19.2. The summed E-state index contributed by atoms with van der Waals surface area (Å²) >= 11 is 0. The van der Waals surface area contributed by atoms with E-state index in [2.05, 4.69) is 10.6 Å². The number of benzene rings is 2. The molecule has 0 spiro atoms. The lowest BCUT2D eigenvalue weighted by Crippen LogP contribution is -2.47. The van der Waals surface area contributed by atoms with Crippen LogP contribution in [0, 0.1) is 5.92 Å². The molecular formula is C27H32N2O5. The van der Waals surface area contributed by atoms with E-state index < -0.39 is 6.10 Å². The number of hydrogen-bond acceptors (Lipinski definition) is 5. The van der Waals surface area contributed by atoms with Crippen LogP contribution in [0.1, 0.15) is 49.1 Å². The average Bonchev–Trinajstić information content (AvgIpc) is 3.16. The maximum Gasteiger partial charge on any atom is 0.227 e. The Morgan fingerprint density at radius 3 is 2.65 bits per heavy atom. The molecule has 1 saturated heterocycles. The van der Waals surface area contributed by atoms with Crippen LogP contribution in [0.3, 0.4) is 0 Å². The fraction of sp³-hybridized carbons (Fsp3) is 0.481. The van der Waals surface area contributed by atoms with Crippen LogP contribution in [0.15, 0.2) is 48.5 Å². The first-order valence-corrected chi connectivity index (χ1v) is 12.3. The molecule has 1 aliphatic carbocycles. The molecule has 2 heterocycles. The summed E-state index contributed by atoms with van der Waals surface area (Å²) in [5.41, 5.74) is 2.95. The fourth-order valence-corrected chi connectivity index (χ4v) is 5.15. The van der Waals surface area contributed by atoms with Crippen LogP contribution in [-0.4, -0.2) is 48.4 Å². The average molecular weight is 465 g/mol. The van der Waals surface area contributed by atoms with Gasteiger partial charge in [-0.3, -0.25) is 9.59 Å². The molecule has 34 heavy (non-hydrogen) atoms. The maximum atomic E-state index is 12.6. The fourth-order valence-electron chi connectivity index (χ4n) is 5.15. The standard InChI is InChI=1S/C27H32N2O5/c30-16-24-26-22(14-20(33-24)15-25(31)28-12-11-17-5-2-1-3-6-17)21-13-19(9-10-23(21)34-26)29-27(32)18-7-4-8-18/h1-3,5-6,9-10,13,18,20,22,24,26,30H,4,7-8,11-12,14-16H2,(H,28,31)(H,29,32)/t20-,22-,24-,26+/m1/s1. The number of hydrogen-bond donors (Lipinski definition) is 3. The first-order chi connectivity index (χ1) is 16.6. The quantitative estimate of drug-likeness (QED) is 0.558. The summed E-state index contributed by atoms with van der Waals surface area (Å²) in [5.74, 6) is 0.891. The Labute approximate surface area is 199 Å². The van der Waals surface area contributed by atoms with Crippen molar-refractivity contribution in [1.82, 2.24) is 5.32 Å². The van der Waals surface area contributed by atoms with Gasteiger partial charge in [-0.25, -0.2) is 0 Å². The van der Waals surface area contributed by atoms with Gasteiger partial charge in [-0.1, -0.05) is 36.8 Å². The molecule has 0 aromatic heterocycles. The summed E-state index contributed by atoms with van der Waals surface area (Å²) in [6.07, 6.45) is 3.56. The molecular weight excluding hydrogens is 432 g/mol. The summed E-state index contributed by atoms with van der Waals surface area (Å²) < 4.78 is 12.2. The molecule has 7 heteroatoms. The van der Waals surface area contributed by atoms with Crippen LogP contribution in [0.2, 0.25) is 0 Å². The number of amides is 2. The van der Waals surface area contributed by atoms with Gasteiger partial charge in [-0.05, 0) is 49.4 Å². The van der Waals surface area contributed by atoms with Crippen molar-refractivity contribution >= 4 is 17.5 Å². The lowest BCUT2D eigenvalue weighted by molar-refractivity contribution is -0.142. The molecule has 3 N–H and O–H groups in total. The number of fused-ring (bicyclic) bond motifs is 3. The van der Waals surface area contributed by atoms with E-state index in [0.717, 1.165) is 42.7 Å². The van der Waals surface area contributed by atoms with Crippen molar-refractivity contribution in [2.75, 3.05) is 18.5 Å². The second-order valence-corrected chi connectivity index (χ2v) is 9.56. The molecule has 0 radical (unpaired) electrons. The van der Waals surface area contributed by atoms with Crippen molar-refractivity contribution in [2.24, 2.45) is 5.92 Å². The van der Waals surface area contributed by atoms with Crippen LogP contribution >= 0.6 is 0 Å². The number of anilines is 1. The third kappa shape index (κ3) is 4.95. The van der Waals surface area contributed by atoms with Gasteiger partial charge >= 0.3 is 0 Å². The lowest BCUT2D eigenvalue weighted by Gasteiger charge is -2.37. The maximum absolute atomic E-state index is 12.6. The lowest BCUT2D eigenvalue weighted by atomic mass is 9.83. The van der Waals surface area contributed by atoms with Crippen molar-refractivity contribution in [3.05, 3.63) is 59.7 Å². The van der Waals surface area contributed by atoms with E-state index in [-0.39, 0.29) is 48.9 Å². The highest BCUT2D eigenvalue weighted by atomic mass is 16.6. The largest absolute Gasteiger partial charge is 0.487 e. The van der Waals surface area contributed by atoms with Gasteiger partial charge in [-0.15, -0.1) is 0 Å². The van der Waals surface area contributed by atoms with Gasteiger partial charge < -0.3 is 25.2 Å². The first kappa shape index (κ1) is 22.9. The number of carbonyl (C=O) groups excluding carboxylic acids is 2. The van der Waals surface area contributed by atoms with E-state index in [0.29, 0.717) is 13.0 Å². The minimum atomic E-state index is -0.499. The van der Waals surface area contributed by atoms with E-state index >= 15 is 0 Å². The molecule has 2 aromatic rings. The number of nitrogens with one attached hydrogen (secondary N) is 2. The van der Waals surface area contributed by atoms with E-state index in [4.69, 9.17) is 9.47 Å². The molecule has 180 valence electrons. The molecule has 2 aromatic carbocycles. The molecule has 5 rings (SSSR count). The molecule has 2 fully saturated rings. The van der Waals surface area contributed by atoms with E-state index in [1.54, 1.807) is 0 Å². The number of rotatable bonds is 8. The molecule has 7 nitrogen and oxygen atoms in total. The molecule has 2 amide bonds. The number of ether oxygens (including phenoxy) is 2. The van der Waals surface area contributed by atoms with Crippen molar-refractivity contribution in [1.29, 1.82) is 0 Å². The molecule has 0 unspecified atom stereocenters. The molecule has 3 aliphatic rings. The van der Waals surface area contributed by atoms with Gasteiger partial charge in [0.25, 0.3) is 0 Å². The van der Waals surface area contributed by atoms with Crippen molar-refractivity contribution in [3.63, 3.8) is 0 Å². The Balaban J connectivity index is 1.21. The molecule has 1 saturated carbocycles. The van der Waals surface area contributed by atoms with Crippen molar-refractivity contribution in [3.8, 4) is 5.75 Å². The smallest absolute Gasteiger partial charge is 0.227 e. The Hall–Kier alpha value is -2.90. The van der Waals surface area contributed by atoms with Crippen molar-refractivity contribution < 1.29 is 24.2 Å². The Bertz CT molecular complexity index is 1020. The SMILES string of the molecule is O=C(C[C@H]1C[C@@H]2c3cc(NC(=O)C4CCC4)ccc3O[C@@H]2[C@@H](CO)O1)NCCc1ccccc1. The molecule has 4 atom stereocenters. The topological polar surface area (TPSA) is 96.9 Å². The van der Waals surface area contributed by atoms with Gasteiger partial charge in [0, 0.05) is 29.6 Å². The molecule has 2 aliphatic heterocycles. The van der Waals surface area contributed by atoms with Gasteiger partial charge in [-0.2, -0.15) is 0 Å². The van der Waals surface area contributed by atoms with Gasteiger partial charge in [0.2, 0.25) is 11.8 Å². The number of aliphatic hydroxyl groups is 1. The third-order valence-electron chi connectivity index (χ3n) is 7.23. The zero-order chi connectivity index (χ0) is 23.5. The summed E-state index contributed by atoms with van der Waals surface area (Å²) in [6.45, 7) is 0.396. The van der Waals surface area contributed by atoms with E-state index in [9.17, 15) is 14.7 Å². The third-order valence-corrected chi connectivity index (χ3v) is 7.23. The van der Waals surface area contributed by atoms with Crippen LogP contribution in [0.4, 0.5) is 5.69 Å².